The van der Waals surface area contributed by atoms with Gasteiger partial charge in [0.25, 0.3) is 0 Å². The van der Waals surface area contributed by atoms with Crippen molar-refractivity contribution in [1.29, 1.82) is 0 Å². The molecule has 0 spiro atoms. The molecule has 1 N–H and O–H groups in total. The van der Waals surface area contributed by atoms with Gasteiger partial charge in [0, 0.05) is 0 Å². The Hall–Kier alpha value is -2.37. The first kappa shape index (κ1) is 21.7. The number of carbonyl (C=O) groups is 3. The number of esters is 2. The van der Waals surface area contributed by atoms with Gasteiger partial charge in [0.1, 0.15) is 12.2 Å². The van der Waals surface area contributed by atoms with Gasteiger partial charge >= 0.3 is 17.9 Å². The molecule has 0 saturated carbocycles. The number of hydrogen-bond acceptors (Lipinski definition) is 5. The highest BCUT2D eigenvalue weighted by atomic mass is 16.6. The van der Waals surface area contributed by atoms with Crippen molar-refractivity contribution in [3.8, 4) is 0 Å². The summed E-state index contributed by atoms with van der Waals surface area (Å²) in [5, 5.41) is 9.56. The van der Waals surface area contributed by atoms with Gasteiger partial charge in [-0.1, -0.05) is 44.2 Å². The minimum atomic E-state index is -1.60. The smallest absolute Gasteiger partial charge is 0.321 e. The van der Waals surface area contributed by atoms with Crippen LogP contribution in [0.1, 0.15) is 46.6 Å². The number of hydrogen-bond donors (Lipinski definition) is 1. The molecular formula is C20H28O6. The van der Waals surface area contributed by atoms with E-state index in [2.05, 4.69) is 0 Å². The van der Waals surface area contributed by atoms with Crippen molar-refractivity contribution < 1.29 is 29.0 Å². The second-order valence-electron chi connectivity index (χ2n) is 7.68. The summed E-state index contributed by atoms with van der Waals surface area (Å²) in [4.78, 5) is 36.7. The molecule has 1 aromatic carbocycles. The number of carboxylic acids is 1. The maximum absolute atomic E-state index is 12.5. The molecule has 6 heteroatoms. The number of ether oxygens (including phenoxy) is 2. The normalized spacial score (nSPS) is 13.8. The van der Waals surface area contributed by atoms with Crippen LogP contribution >= 0.6 is 0 Å². The third-order valence-corrected chi connectivity index (χ3v) is 3.58. The maximum Gasteiger partial charge on any atom is 0.321 e. The summed E-state index contributed by atoms with van der Waals surface area (Å²) in [5.74, 6) is -5.71. The molecule has 0 aliphatic carbocycles. The van der Waals surface area contributed by atoms with Gasteiger partial charge in [-0.15, -0.1) is 0 Å². The van der Waals surface area contributed by atoms with Crippen LogP contribution in [-0.4, -0.2) is 28.6 Å². The predicted octanol–water partition coefficient (Wildman–Crippen LogP) is 3.43. The summed E-state index contributed by atoms with van der Waals surface area (Å²) in [6.07, 6.45) is 0.215. The van der Waals surface area contributed by atoms with Gasteiger partial charge in [-0.05, 0) is 38.7 Å². The maximum atomic E-state index is 12.5. The van der Waals surface area contributed by atoms with Crippen molar-refractivity contribution in [1.82, 2.24) is 0 Å². The largest absolute Gasteiger partial charge is 0.481 e. The van der Waals surface area contributed by atoms with E-state index in [0.717, 1.165) is 5.56 Å². The zero-order chi connectivity index (χ0) is 19.9. The Bertz CT molecular complexity index is 615. The molecule has 26 heavy (non-hydrogen) atoms. The Morgan fingerprint density at radius 2 is 1.62 bits per heavy atom. The zero-order valence-corrected chi connectivity index (χ0v) is 16.0. The fourth-order valence-electron chi connectivity index (χ4n) is 2.51. The van der Waals surface area contributed by atoms with Crippen molar-refractivity contribution in [3.05, 3.63) is 35.9 Å². The summed E-state index contributed by atoms with van der Waals surface area (Å²) < 4.78 is 10.5. The third kappa shape index (κ3) is 7.25. The average molecular weight is 364 g/mol. The molecule has 0 fully saturated rings. The molecule has 2 atom stereocenters. The fourth-order valence-corrected chi connectivity index (χ4v) is 2.51. The van der Waals surface area contributed by atoms with E-state index in [4.69, 9.17) is 9.47 Å². The molecule has 0 bridgehead atoms. The average Bonchev–Trinajstić information content (AvgIpc) is 2.51. The van der Waals surface area contributed by atoms with Crippen LogP contribution in [0.5, 0.6) is 0 Å². The first-order chi connectivity index (χ1) is 12.0. The van der Waals surface area contributed by atoms with Crippen LogP contribution in [0.15, 0.2) is 30.3 Å². The van der Waals surface area contributed by atoms with Gasteiger partial charge in [0.2, 0.25) is 0 Å². The number of benzene rings is 1. The molecule has 0 saturated heterocycles. The third-order valence-electron chi connectivity index (χ3n) is 3.58. The zero-order valence-electron chi connectivity index (χ0n) is 16.0. The van der Waals surface area contributed by atoms with E-state index < -0.39 is 35.3 Å². The summed E-state index contributed by atoms with van der Waals surface area (Å²) >= 11 is 0. The second kappa shape index (κ2) is 9.36. The van der Waals surface area contributed by atoms with Gasteiger partial charge in [-0.3, -0.25) is 14.4 Å². The summed E-state index contributed by atoms with van der Waals surface area (Å²) in [5.41, 5.74) is -0.0359. The topological polar surface area (TPSA) is 89.9 Å². The highest BCUT2D eigenvalue weighted by molar-refractivity contribution is 5.98. The quantitative estimate of drug-likeness (QED) is 0.561. The second-order valence-corrected chi connectivity index (χ2v) is 7.68. The van der Waals surface area contributed by atoms with E-state index in [0.29, 0.717) is 0 Å². The van der Waals surface area contributed by atoms with Crippen molar-refractivity contribution in [3.63, 3.8) is 0 Å². The molecule has 0 heterocycles. The Labute approximate surface area is 154 Å². The highest BCUT2D eigenvalue weighted by Crippen LogP contribution is 2.26. The Kier molecular flexibility index (Phi) is 7.80. The molecule has 0 aromatic heterocycles. The molecule has 6 nitrogen and oxygen atoms in total. The SMILES string of the molecule is CC(C)CC(C(=O)OC(C)(C)C)C(C(=O)O)C(=O)OCc1ccccc1. The number of rotatable bonds is 8. The molecule has 144 valence electrons. The number of aliphatic carboxylic acids is 1. The van der Waals surface area contributed by atoms with E-state index in [9.17, 15) is 19.5 Å². The minimum Gasteiger partial charge on any atom is -0.481 e. The minimum absolute atomic E-state index is 0.0105. The summed E-state index contributed by atoms with van der Waals surface area (Å²) in [7, 11) is 0. The Morgan fingerprint density at radius 1 is 1.04 bits per heavy atom. The lowest BCUT2D eigenvalue weighted by Gasteiger charge is -2.27. The Morgan fingerprint density at radius 3 is 2.08 bits per heavy atom. The lowest BCUT2D eigenvalue weighted by Crippen LogP contribution is -2.40. The van der Waals surface area contributed by atoms with E-state index in [1.54, 1.807) is 45.0 Å². The molecule has 1 rings (SSSR count). The standard InChI is InChI=1S/C20H28O6/c1-13(2)11-15(18(23)26-20(3,4)5)16(17(21)22)19(24)25-12-14-9-7-6-8-10-14/h6-10,13,15-16H,11-12H2,1-5H3,(H,21,22). The lowest BCUT2D eigenvalue weighted by molar-refractivity contribution is -0.175. The van der Waals surface area contributed by atoms with Crippen LogP contribution in [0.25, 0.3) is 0 Å². The molecule has 0 aliphatic heterocycles. The van der Waals surface area contributed by atoms with E-state index in [1.165, 1.54) is 0 Å². The number of carbonyl (C=O) groups excluding carboxylic acids is 2. The van der Waals surface area contributed by atoms with Crippen LogP contribution in [0.4, 0.5) is 0 Å². The predicted molar refractivity (Wildman–Crippen MR) is 96.2 cm³/mol. The molecule has 0 aliphatic rings. The molecule has 2 unspecified atom stereocenters. The van der Waals surface area contributed by atoms with Crippen molar-refractivity contribution in [2.24, 2.45) is 17.8 Å². The van der Waals surface area contributed by atoms with Gasteiger partial charge in [0.15, 0.2) is 5.92 Å². The van der Waals surface area contributed by atoms with Crippen LogP contribution in [0.2, 0.25) is 0 Å². The molecule has 0 amide bonds. The van der Waals surface area contributed by atoms with Gasteiger partial charge in [-0.25, -0.2) is 0 Å². The van der Waals surface area contributed by atoms with E-state index in [1.807, 2.05) is 19.9 Å². The van der Waals surface area contributed by atoms with Gasteiger partial charge < -0.3 is 14.6 Å². The van der Waals surface area contributed by atoms with E-state index >= 15 is 0 Å². The first-order valence-corrected chi connectivity index (χ1v) is 8.67. The van der Waals surface area contributed by atoms with Gasteiger partial charge in [0.05, 0.1) is 5.92 Å². The van der Waals surface area contributed by atoms with Crippen molar-refractivity contribution in [2.75, 3.05) is 0 Å². The van der Waals surface area contributed by atoms with Crippen LogP contribution in [-0.2, 0) is 30.5 Å². The van der Waals surface area contributed by atoms with Crippen LogP contribution in [0, 0.1) is 17.8 Å². The van der Waals surface area contributed by atoms with Crippen molar-refractivity contribution >= 4 is 17.9 Å². The first-order valence-electron chi connectivity index (χ1n) is 8.67. The monoisotopic (exact) mass is 364 g/mol. The fraction of sp³-hybridized carbons (Fsp3) is 0.550. The van der Waals surface area contributed by atoms with Crippen molar-refractivity contribution in [2.45, 2.75) is 53.2 Å². The molecule has 0 radical (unpaired) electrons. The lowest BCUT2D eigenvalue weighted by atomic mass is 9.85. The van der Waals surface area contributed by atoms with E-state index in [-0.39, 0.29) is 18.9 Å². The van der Waals surface area contributed by atoms with Crippen LogP contribution < -0.4 is 0 Å². The Balaban J connectivity index is 2.97. The molecule has 1 aromatic rings. The summed E-state index contributed by atoms with van der Waals surface area (Å²) in [6, 6.07) is 8.94. The highest BCUT2D eigenvalue weighted by Gasteiger charge is 2.42. The number of carboxylic acid groups (broad SMARTS) is 1. The van der Waals surface area contributed by atoms with Gasteiger partial charge in [-0.2, -0.15) is 0 Å². The summed E-state index contributed by atoms with van der Waals surface area (Å²) in [6.45, 7) is 8.74. The molecular weight excluding hydrogens is 336 g/mol. The van der Waals surface area contributed by atoms with Crippen LogP contribution in [0.3, 0.4) is 0 Å².